The van der Waals surface area contributed by atoms with E-state index in [0.717, 1.165) is 27.2 Å². The first-order valence-corrected chi connectivity index (χ1v) is 9.08. The van der Waals surface area contributed by atoms with Crippen molar-refractivity contribution in [3.8, 4) is 0 Å². The Bertz CT molecular complexity index is 1040. The van der Waals surface area contributed by atoms with E-state index in [9.17, 15) is 9.59 Å². The van der Waals surface area contributed by atoms with Crippen molar-refractivity contribution in [2.75, 3.05) is 0 Å². The summed E-state index contributed by atoms with van der Waals surface area (Å²) in [7, 11) is 0. The lowest BCUT2D eigenvalue weighted by atomic mass is 9.95. The van der Waals surface area contributed by atoms with E-state index in [-0.39, 0.29) is 12.3 Å². The fourth-order valence-corrected chi connectivity index (χ4v) is 3.21. The average molecular weight is 369 g/mol. The molecule has 1 aliphatic rings. The minimum absolute atomic E-state index is 0.0657. The number of imide groups is 1. The summed E-state index contributed by atoms with van der Waals surface area (Å²) < 4.78 is 5.48. The van der Waals surface area contributed by atoms with Crippen LogP contribution in [0.25, 0.3) is 5.57 Å². The van der Waals surface area contributed by atoms with Gasteiger partial charge in [-0.05, 0) is 23.6 Å². The third-order valence-corrected chi connectivity index (χ3v) is 4.66. The van der Waals surface area contributed by atoms with E-state index in [0.29, 0.717) is 5.57 Å². The number of cyclic esters (lactones) is 1. The molecule has 2 amide bonds. The van der Waals surface area contributed by atoms with Gasteiger partial charge in [0.25, 0.3) is 5.91 Å². The molecular weight excluding hydrogens is 350 g/mol. The zero-order valence-electron chi connectivity index (χ0n) is 15.5. The first kappa shape index (κ1) is 17.7. The highest BCUT2D eigenvalue weighted by molar-refractivity contribution is 6.13. The highest BCUT2D eigenvalue weighted by Crippen LogP contribution is 2.32. The van der Waals surface area contributed by atoms with E-state index in [1.54, 1.807) is 0 Å². The van der Waals surface area contributed by atoms with Gasteiger partial charge in [0, 0.05) is 5.57 Å². The van der Waals surface area contributed by atoms with Crippen LogP contribution < -0.4 is 0 Å². The quantitative estimate of drug-likeness (QED) is 0.613. The predicted molar refractivity (Wildman–Crippen MR) is 107 cm³/mol. The van der Waals surface area contributed by atoms with Crippen molar-refractivity contribution in [3.63, 3.8) is 0 Å². The minimum Gasteiger partial charge on any atom is -0.403 e. The molecule has 0 bridgehead atoms. The zero-order valence-corrected chi connectivity index (χ0v) is 15.5. The fraction of sp³-hybridized carbons (Fsp3) is 0.0833. The first-order chi connectivity index (χ1) is 13.6. The summed E-state index contributed by atoms with van der Waals surface area (Å²) in [5.41, 5.74) is 4.25. The number of carbonyl (C=O) groups excluding carboxylic acids is 2. The Balaban J connectivity index is 1.79. The number of benzene rings is 3. The number of carbonyl (C=O) groups is 2. The van der Waals surface area contributed by atoms with E-state index in [2.05, 4.69) is 0 Å². The molecule has 0 spiro atoms. The molecule has 0 saturated carbocycles. The van der Waals surface area contributed by atoms with Crippen molar-refractivity contribution in [1.82, 2.24) is 4.90 Å². The molecule has 0 unspecified atom stereocenters. The lowest BCUT2D eigenvalue weighted by molar-refractivity contribution is -0.123. The summed E-state index contributed by atoms with van der Waals surface area (Å²) >= 11 is 0. The van der Waals surface area contributed by atoms with E-state index < -0.39 is 12.0 Å². The van der Waals surface area contributed by atoms with Gasteiger partial charge < -0.3 is 4.74 Å². The SMILES string of the molecule is Cc1ccc(/C(=C2/OC(=O)N(Cc3ccccc3)C2=O)c2ccccc2)cc1. The van der Waals surface area contributed by atoms with Gasteiger partial charge in [-0.3, -0.25) is 4.79 Å². The molecule has 4 heteroatoms. The number of ether oxygens (including phenoxy) is 1. The van der Waals surface area contributed by atoms with Crippen molar-refractivity contribution >= 4 is 17.6 Å². The molecule has 4 nitrogen and oxygen atoms in total. The second-order valence-electron chi connectivity index (χ2n) is 6.68. The molecule has 0 N–H and O–H groups in total. The number of hydrogen-bond donors (Lipinski definition) is 0. The second kappa shape index (κ2) is 7.53. The van der Waals surface area contributed by atoms with Gasteiger partial charge in [-0.1, -0.05) is 90.5 Å². The van der Waals surface area contributed by atoms with Gasteiger partial charge in [0.05, 0.1) is 6.54 Å². The number of amides is 2. The molecular formula is C24H19NO3. The van der Waals surface area contributed by atoms with Crippen LogP contribution in [0.15, 0.2) is 90.7 Å². The van der Waals surface area contributed by atoms with E-state index in [1.807, 2.05) is 91.9 Å². The smallest absolute Gasteiger partial charge is 0.403 e. The van der Waals surface area contributed by atoms with Crippen LogP contribution in [-0.4, -0.2) is 16.9 Å². The lowest BCUT2D eigenvalue weighted by Crippen LogP contribution is -2.28. The lowest BCUT2D eigenvalue weighted by Gasteiger charge is -2.12. The van der Waals surface area contributed by atoms with Crippen LogP contribution in [0.2, 0.25) is 0 Å². The average Bonchev–Trinajstić information content (AvgIpc) is 2.99. The molecule has 1 saturated heterocycles. The molecule has 3 aromatic rings. The molecule has 28 heavy (non-hydrogen) atoms. The molecule has 0 aromatic heterocycles. The Morgan fingerprint density at radius 1 is 0.786 bits per heavy atom. The molecule has 1 aliphatic heterocycles. The monoisotopic (exact) mass is 369 g/mol. The van der Waals surface area contributed by atoms with E-state index >= 15 is 0 Å². The Morgan fingerprint density at radius 3 is 2.00 bits per heavy atom. The number of nitrogens with zero attached hydrogens (tertiary/aromatic N) is 1. The number of hydrogen-bond acceptors (Lipinski definition) is 3. The summed E-state index contributed by atoms with van der Waals surface area (Å²) in [6, 6.07) is 26.7. The van der Waals surface area contributed by atoms with Gasteiger partial charge in [-0.2, -0.15) is 0 Å². The standard InChI is InChI=1S/C24H19NO3/c1-17-12-14-20(15-13-17)21(19-10-6-3-7-11-19)22-23(26)25(24(27)28-22)16-18-8-4-2-5-9-18/h2-15H,16H2,1H3/b22-21+. The predicted octanol–water partition coefficient (Wildman–Crippen LogP) is 4.93. The molecule has 0 radical (unpaired) electrons. The van der Waals surface area contributed by atoms with Crippen LogP contribution in [0.1, 0.15) is 22.3 Å². The van der Waals surface area contributed by atoms with Gasteiger partial charge in [0.15, 0.2) is 0 Å². The Kier molecular flexibility index (Phi) is 4.77. The maximum atomic E-state index is 13.1. The molecule has 3 aromatic carbocycles. The number of aryl methyl sites for hydroxylation is 1. The summed E-state index contributed by atoms with van der Waals surface area (Å²) in [6.45, 7) is 2.18. The van der Waals surface area contributed by atoms with Crippen molar-refractivity contribution < 1.29 is 14.3 Å². The third kappa shape index (κ3) is 3.45. The fourth-order valence-electron chi connectivity index (χ4n) is 3.21. The van der Waals surface area contributed by atoms with Gasteiger partial charge in [0.2, 0.25) is 5.76 Å². The number of rotatable bonds is 4. The summed E-state index contributed by atoms with van der Waals surface area (Å²) in [4.78, 5) is 26.7. The van der Waals surface area contributed by atoms with Gasteiger partial charge in [-0.25, -0.2) is 9.69 Å². The van der Waals surface area contributed by atoms with Crippen molar-refractivity contribution in [1.29, 1.82) is 0 Å². The minimum atomic E-state index is -0.649. The van der Waals surface area contributed by atoms with Crippen LogP contribution in [0.3, 0.4) is 0 Å². The Hall–Kier alpha value is -3.66. The molecule has 0 atom stereocenters. The topological polar surface area (TPSA) is 46.6 Å². The Labute approximate surface area is 163 Å². The third-order valence-electron chi connectivity index (χ3n) is 4.66. The molecule has 138 valence electrons. The highest BCUT2D eigenvalue weighted by Gasteiger charge is 2.39. The van der Waals surface area contributed by atoms with Gasteiger partial charge >= 0.3 is 6.09 Å². The normalized spacial score (nSPS) is 15.5. The molecule has 0 aliphatic carbocycles. The van der Waals surface area contributed by atoms with E-state index in [1.165, 1.54) is 0 Å². The van der Waals surface area contributed by atoms with Crippen molar-refractivity contribution in [3.05, 3.63) is 113 Å². The maximum Gasteiger partial charge on any atom is 0.422 e. The summed E-state index contributed by atoms with van der Waals surface area (Å²) in [5, 5.41) is 0. The summed E-state index contributed by atoms with van der Waals surface area (Å²) in [6.07, 6.45) is -0.649. The Morgan fingerprint density at radius 2 is 1.36 bits per heavy atom. The molecule has 1 heterocycles. The highest BCUT2D eigenvalue weighted by atomic mass is 16.6. The maximum absolute atomic E-state index is 13.1. The second-order valence-corrected chi connectivity index (χ2v) is 6.68. The van der Waals surface area contributed by atoms with Crippen LogP contribution in [0.4, 0.5) is 4.79 Å². The van der Waals surface area contributed by atoms with Gasteiger partial charge in [0.1, 0.15) is 0 Å². The van der Waals surface area contributed by atoms with Crippen LogP contribution >= 0.6 is 0 Å². The van der Waals surface area contributed by atoms with E-state index in [4.69, 9.17) is 4.74 Å². The molecule has 1 fully saturated rings. The summed E-state index contributed by atoms with van der Waals surface area (Å²) in [5.74, 6) is -0.357. The van der Waals surface area contributed by atoms with Gasteiger partial charge in [-0.15, -0.1) is 0 Å². The molecule has 4 rings (SSSR count). The zero-order chi connectivity index (χ0) is 19.5. The van der Waals surface area contributed by atoms with Crippen LogP contribution in [0.5, 0.6) is 0 Å². The largest absolute Gasteiger partial charge is 0.422 e. The van der Waals surface area contributed by atoms with Crippen molar-refractivity contribution in [2.45, 2.75) is 13.5 Å². The first-order valence-electron chi connectivity index (χ1n) is 9.08. The van der Waals surface area contributed by atoms with Crippen LogP contribution in [-0.2, 0) is 16.1 Å². The van der Waals surface area contributed by atoms with Crippen molar-refractivity contribution in [2.24, 2.45) is 0 Å². The van der Waals surface area contributed by atoms with Crippen LogP contribution in [0, 0.1) is 6.92 Å².